The third-order valence-electron chi connectivity index (χ3n) is 10.9. The number of aromatic nitrogens is 4. The van der Waals surface area contributed by atoms with Gasteiger partial charge in [0.05, 0.1) is 16.6 Å². The molecule has 5 nitrogen and oxygen atoms in total. The minimum atomic E-state index is 0.0673. The third kappa shape index (κ3) is 5.36. The number of hydrogen-bond donors (Lipinski definition) is 0. The second kappa shape index (κ2) is 13.2. The second-order valence-electron chi connectivity index (χ2n) is 14.3. The Morgan fingerprint density at radius 2 is 1.21 bits per heavy atom. The lowest BCUT2D eigenvalue weighted by molar-refractivity contribution is 0.669. The van der Waals surface area contributed by atoms with Crippen molar-refractivity contribution < 1.29 is 4.42 Å². The van der Waals surface area contributed by atoms with Gasteiger partial charge in [-0.3, -0.25) is 0 Å². The van der Waals surface area contributed by atoms with Crippen molar-refractivity contribution in [2.75, 3.05) is 0 Å². The Bertz CT molecular complexity index is 3160. The van der Waals surface area contributed by atoms with Crippen molar-refractivity contribution in [1.29, 1.82) is 0 Å². The van der Waals surface area contributed by atoms with Gasteiger partial charge in [-0.1, -0.05) is 146 Å². The average Bonchev–Trinajstić information content (AvgIpc) is 3.82. The van der Waals surface area contributed by atoms with Crippen LogP contribution in [0.2, 0.25) is 0 Å². The molecule has 1 aliphatic rings. The van der Waals surface area contributed by atoms with Crippen molar-refractivity contribution in [3.05, 3.63) is 194 Å². The minimum Gasteiger partial charge on any atom is -0.455 e. The average molecular weight is 719 g/mol. The zero-order valence-corrected chi connectivity index (χ0v) is 30.4. The summed E-state index contributed by atoms with van der Waals surface area (Å²) in [4.78, 5) is 15.1. The van der Waals surface area contributed by atoms with E-state index in [-0.39, 0.29) is 5.92 Å². The molecule has 11 rings (SSSR count). The van der Waals surface area contributed by atoms with Crippen molar-refractivity contribution >= 4 is 43.7 Å². The molecule has 1 atom stereocenters. The van der Waals surface area contributed by atoms with E-state index in [4.69, 9.17) is 19.4 Å². The number of para-hydroxylation sites is 2. The Kier molecular flexibility index (Phi) is 7.56. The summed E-state index contributed by atoms with van der Waals surface area (Å²) in [6.45, 7) is 0. The molecule has 1 aliphatic carbocycles. The summed E-state index contributed by atoms with van der Waals surface area (Å²) in [5.74, 6) is 2.07. The van der Waals surface area contributed by atoms with Crippen LogP contribution in [0.4, 0.5) is 0 Å². The summed E-state index contributed by atoms with van der Waals surface area (Å²) in [5, 5.41) is 4.49. The molecule has 264 valence electrons. The van der Waals surface area contributed by atoms with Crippen molar-refractivity contribution in [3.63, 3.8) is 0 Å². The molecule has 5 heteroatoms. The third-order valence-corrected chi connectivity index (χ3v) is 10.9. The Hall–Kier alpha value is -7.37. The quantitative estimate of drug-likeness (QED) is 0.172. The molecule has 3 aromatic heterocycles. The molecule has 0 N–H and O–H groups in total. The van der Waals surface area contributed by atoms with Crippen LogP contribution in [0.1, 0.15) is 18.2 Å². The first-order valence-electron chi connectivity index (χ1n) is 19.1. The lowest BCUT2D eigenvalue weighted by Crippen LogP contribution is -2.07. The molecule has 0 spiro atoms. The van der Waals surface area contributed by atoms with Gasteiger partial charge in [0.1, 0.15) is 17.0 Å². The van der Waals surface area contributed by atoms with Crippen LogP contribution in [0, 0.1) is 0 Å². The largest absolute Gasteiger partial charge is 0.455 e. The standard InChI is InChI=1S/C51H34N4O/c1-5-16-33(17-6-1)37-30-42(34-18-7-2-8-19-34)47-40-24-13-14-27-44(40)55(45(47)31-37)38-28-29-46-43(32-38)39-25-15-26-41(48(39)56-46)51-53-49(35-20-9-3-10-21-35)52-50(54-51)36-22-11-4-12-23-36/h1-22,24-32,36H,23H2. The van der Waals surface area contributed by atoms with Crippen LogP contribution in [0.15, 0.2) is 193 Å². The van der Waals surface area contributed by atoms with Crippen molar-refractivity contribution in [3.8, 4) is 50.7 Å². The normalized spacial score (nSPS) is 14.0. The number of allylic oxidation sites excluding steroid dienone is 4. The summed E-state index contributed by atoms with van der Waals surface area (Å²) >= 11 is 0. The SMILES string of the molecule is C1=CCC(c2nc(-c3ccccc3)nc(-c3cccc4c3oc3ccc(-n5c6ccccc6c6c(-c7ccccc7)cc(-c7ccccc7)cc65)cc34)n2)C=C1. The lowest BCUT2D eigenvalue weighted by Gasteiger charge is -2.14. The zero-order valence-electron chi connectivity index (χ0n) is 30.4. The predicted octanol–water partition coefficient (Wildman–Crippen LogP) is 13.1. The van der Waals surface area contributed by atoms with Crippen molar-refractivity contribution in [2.24, 2.45) is 0 Å². The highest BCUT2D eigenvalue weighted by Gasteiger charge is 2.22. The van der Waals surface area contributed by atoms with Gasteiger partial charge in [0.2, 0.25) is 0 Å². The number of fused-ring (bicyclic) bond motifs is 6. The van der Waals surface area contributed by atoms with E-state index in [2.05, 4.69) is 162 Å². The predicted molar refractivity (Wildman–Crippen MR) is 229 cm³/mol. The molecule has 56 heavy (non-hydrogen) atoms. The smallest absolute Gasteiger partial charge is 0.167 e. The maximum Gasteiger partial charge on any atom is 0.167 e. The van der Waals surface area contributed by atoms with Gasteiger partial charge in [-0.25, -0.2) is 15.0 Å². The fourth-order valence-electron chi connectivity index (χ4n) is 8.29. The maximum absolute atomic E-state index is 6.74. The highest BCUT2D eigenvalue weighted by atomic mass is 16.3. The van der Waals surface area contributed by atoms with E-state index in [1.807, 2.05) is 30.3 Å². The lowest BCUT2D eigenvalue weighted by atomic mass is 9.94. The van der Waals surface area contributed by atoms with E-state index < -0.39 is 0 Å². The number of benzene rings is 7. The maximum atomic E-state index is 6.74. The number of furan rings is 1. The molecule has 0 saturated heterocycles. The molecule has 0 bridgehead atoms. The van der Waals surface area contributed by atoms with Gasteiger partial charge >= 0.3 is 0 Å². The molecule has 0 saturated carbocycles. The van der Waals surface area contributed by atoms with Gasteiger partial charge in [-0.05, 0) is 71.1 Å². The minimum absolute atomic E-state index is 0.0673. The number of nitrogens with zero attached hydrogens (tertiary/aromatic N) is 4. The fourth-order valence-corrected chi connectivity index (χ4v) is 8.29. The first-order chi connectivity index (χ1) is 27.8. The van der Waals surface area contributed by atoms with Crippen LogP contribution in [0.5, 0.6) is 0 Å². The summed E-state index contributed by atoms with van der Waals surface area (Å²) in [6.07, 6.45) is 9.31. The first-order valence-corrected chi connectivity index (χ1v) is 19.1. The van der Waals surface area contributed by atoms with Crippen LogP contribution in [0.3, 0.4) is 0 Å². The van der Waals surface area contributed by atoms with Gasteiger partial charge in [0.25, 0.3) is 0 Å². The Morgan fingerprint density at radius 1 is 0.500 bits per heavy atom. The monoisotopic (exact) mass is 718 g/mol. The Morgan fingerprint density at radius 3 is 2.00 bits per heavy atom. The first kappa shape index (κ1) is 32.1. The van der Waals surface area contributed by atoms with Crippen LogP contribution in [-0.2, 0) is 0 Å². The van der Waals surface area contributed by atoms with Gasteiger partial charge in [0.15, 0.2) is 11.6 Å². The topological polar surface area (TPSA) is 56.7 Å². The molecule has 0 aliphatic heterocycles. The summed E-state index contributed by atoms with van der Waals surface area (Å²) in [7, 11) is 0. The number of rotatable bonds is 6. The molecular weight excluding hydrogens is 685 g/mol. The van der Waals surface area contributed by atoms with E-state index in [9.17, 15) is 0 Å². The van der Waals surface area contributed by atoms with Gasteiger partial charge < -0.3 is 8.98 Å². The van der Waals surface area contributed by atoms with Crippen molar-refractivity contribution in [1.82, 2.24) is 19.5 Å². The van der Waals surface area contributed by atoms with E-state index in [0.717, 1.165) is 62.0 Å². The highest BCUT2D eigenvalue weighted by Crippen LogP contribution is 2.43. The summed E-state index contributed by atoms with van der Waals surface area (Å²) in [5.41, 5.74) is 11.5. The van der Waals surface area contributed by atoms with Gasteiger partial charge in [-0.15, -0.1) is 0 Å². The second-order valence-corrected chi connectivity index (χ2v) is 14.3. The Labute approximate surface area is 323 Å². The van der Waals surface area contributed by atoms with Crippen LogP contribution in [-0.4, -0.2) is 19.5 Å². The summed E-state index contributed by atoms with van der Waals surface area (Å²) < 4.78 is 9.14. The molecule has 3 heterocycles. The highest BCUT2D eigenvalue weighted by molar-refractivity contribution is 6.17. The molecule has 0 amide bonds. The van der Waals surface area contributed by atoms with E-state index in [1.54, 1.807) is 0 Å². The van der Waals surface area contributed by atoms with Crippen LogP contribution < -0.4 is 0 Å². The van der Waals surface area contributed by atoms with E-state index in [1.165, 1.54) is 33.0 Å². The Balaban J connectivity index is 1.13. The molecule has 0 fully saturated rings. The molecule has 10 aromatic rings. The fraction of sp³-hybridized carbons (Fsp3) is 0.0392. The molecule has 0 radical (unpaired) electrons. The van der Waals surface area contributed by atoms with Gasteiger partial charge in [0, 0.05) is 38.7 Å². The van der Waals surface area contributed by atoms with E-state index >= 15 is 0 Å². The van der Waals surface area contributed by atoms with Gasteiger partial charge in [-0.2, -0.15) is 0 Å². The van der Waals surface area contributed by atoms with Crippen molar-refractivity contribution in [2.45, 2.75) is 12.3 Å². The van der Waals surface area contributed by atoms with Crippen LogP contribution in [0.25, 0.3) is 94.5 Å². The van der Waals surface area contributed by atoms with E-state index in [0.29, 0.717) is 11.6 Å². The number of hydrogen-bond acceptors (Lipinski definition) is 4. The molecule has 1 unspecified atom stereocenters. The van der Waals surface area contributed by atoms with Crippen LogP contribution >= 0.6 is 0 Å². The summed E-state index contributed by atoms with van der Waals surface area (Å²) in [6, 6.07) is 57.7. The molecular formula is C51H34N4O. The zero-order chi connectivity index (χ0) is 37.0. The molecule has 7 aromatic carbocycles.